The molecule has 0 bridgehead atoms. The number of hydrogen-bond donors (Lipinski definition) is 1. The summed E-state index contributed by atoms with van der Waals surface area (Å²) in [6.45, 7) is 12.3. The van der Waals surface area contributed by atoms with Crippen LogP contribution in [0.15, 0.2) is 48.5 Å². The minimum absolute atomic E-state index is 0.132. The largest absolute Gasteiger partial charge is 0.336 e. The quantitative estimate of drug-likeness (QED) is 0.346. The molecule has 2 fully saturated rings. The Labute approximate surface area is 244 Å². The van der Waals surface area contributed by atoms with E-state index < -0.39 is 0 Å². The Hall–Kier alpha value is -2.93. The van der Waals surface area contributed by atoms with Crippen molar-refractivity contribution in [2.45, 2.75) is 52.5 Å². The van der Waals surface area contributed by atoms with Crippen molar-refractivity contribution in [1.82, 2.24) is 24.9 Å². The second-order valence-corrected chi connectivity index (χ2v) is 11.5. The molecule has 0 saturated carbocycles. The van der Waals surface area contributed by atoms with Gasteiger partial charge in [-0.2, -0.15) is 5.10 Å². The number of carbonyl (C=O) groups excluding carboxylic acids is 1. The third kappa shape index (κ3) is 6.35. The molecular formula is C33H42ClN5O. The van der Waals surface area contributed by atoms with Crippen molar-refractivity contribution >= 4 is 29.7 Å². The Morgan fingerprint density at radius 1 is 1.00 bits per heavy atom. The van der Waals surface area contributed by atoms with Gasteiger partial charge in [-0.05, 0) is 87.0 Å². The first-order valence-electron chi connectivity index (χ1n) is 14.9. The highest BCUT2D eigenvalue weighted by molar-refractivity contribution is 6.30. The van der Waals surface area contributed by atoms with E-state index >= 15 is 0 Å². The molecule has 3 heterocycles. The van der Waals surface area contributed by atoms with Gasteiger partial charge >= 0.3 is 0 Å². The van der Waals surface area contributed by atoms with Gasteiger partial charge in [-0.3, -0.25) is 9.69 Å². The van der Waals surface area contributed by atoms with Crippen molar-refractivity contribution in [2.24, 2.45) is 5.92 Å². The summed E-state index contributed by atoms with van der Waals surface area (Å²) in [6.07, 6.45) is 8.14. The fourth-order valence-electron chi connectivity index (χ4n) is 6.18. The highest BCUT2D eigenvalue weighted by Gasteiger charge is 2.32. The fraction of sp³-hybridized carbons (Fsp3) is 0.455. The molecule has 2 aliphatic rings. The summed E-state index contributed by atoms with van der Waals surface area (Å²) in [6, 6.07) is 16.7. The lowest BCUT2D eigenvalue weighted by Gasteiger charge is -2.42. The number of piperazine rings is 1. The van der Waals surface area contributed by atoms with Crippen LogP contribution in [0.25, 0.3) is 17.8 Å². The van der Waals surface area contributed by atoms with Crippen LogP contribution in [0.1, 0.15) is 66.5 Å². The summed E-state index contributed by atoms with van der Waals surface area (Å²) in [4.78, 5) is 18.6. The number of benzene rings is 2. The van der Waals surface area contributed by atoms with Crippen LogP contribution < -0.4 is 5.32 Å². The van der Waals surface area contributed by atoms with Crippen LogP contribution in [0.3, 0.4) is 0 Å². The Morgan fingerprint density at radius 3 is 2.38 bits per heavy atom. The molecule has 2 aromatic carbocycles. The van der Waals surface area contributed by atoms with Crippen molar-refractivity contribution in [3.8, 4) is 5.69 Å². The third-order valence-corrected chi connectivity index (χ3v) is 8.89. The van der Waals surface area contributed by atoms with Gasteiger partial charge in [-0.25, -0.2) is 4.68 Å². The van der Waals surface area contributed by atoms with Crippen molar-refractivity contribution < 1.29 is 4.79 Å². The number of carbonyl (C=O) groups is 1. The van der Waals surface area contributed by atoms with E-state index in [0.717, 1.165) is 96.8 Å². The minimum Gasteiger partial charge on any atom is -0.336 e. The van der Waals surface area contributed by atoms with E-state index in [9.17, 15) is 4.79 Å². The molecule has 0 aliphatic carbocycles. The lowest BCUT2D eigenvalue weighted by Crippen LogP contribution is -2.53. The maximum Gasteiger partial charge on any atom is 0.257 e. The highest BCUT2D eigenvalue weighted by Crippen LogP contribution is 2.26. The smallest absolute Gasteiger partial charge is 0.257 e. The first kappa shape index (κ1) is 28.6. The summed E-state index contributed by atoms with van der Waals surface area (Å²) >= 11 is 6.03. The second kappa shape index (κ2) is 13.2. The number of piperidine rings is 1. The zero-order chi connectivity index (χ0) is 28.1. The number of aryl methyl sites for hydroxylation is 1. The highest BCUT2D eigenvalue weighted by atomic mass is 35.5. The molecule has 1 atom stereocenters. The Bertz CT molecular complexity index is 1320. The zero-order valence-electron chi connectivity index (χ0n) is 24.1. The monoisotopic (exact) mass is 559 g/mol. The normalized spacial score (nSPS) is 17.9. The predicted molar refractivity (Wildman–Crippen MR) is 165 cm³/mol. The van der Waals surface area contributed by atoms with Crippen LogP contribution in [0.5, 0.6) is 0 Å². The second-order valence-electron chi connectivity index (χ2n) is 11.0. The van der Waals surface area contributed by atoms with E-state index in [1.165, 1.54) is 12.8 Å². The van der Waals surface area contributed by atoms with Crippen molar-refractivity contribution in [3.05, 3.63) is 81.6 Å². The summed E-state index contributed by atoms with van der Waals surface area (Å²) in [7, 11) is 0. The molecule has 2 aliphatic heterocycles. The number of halogens is 1. The van der Waals surface area contributed by atoms with E-state index in [0.29, 0.717) is 6.04 Å². The molecule has 1 aromatic heterocycles. The molecule has 1 N–H and O–H groups in total. The number of aromatic nitrogens is 2. The van der Waals surface area contributed by atoms with Crippen LogP contribution in [0, 0.1) is 5.92 Å². The van der Waals surface area contributed by atoms with Crippen LogP contribution in [0.2, 0.25) is 5.02 Å². The standard InChI is InChI=1S/C33H42ClN5O/c1-4-30-32(33(40)38-21-19-37(20-22-38)24(3)27-15-17-35-18-16-27)31(5-2)39(36-30)29-8-6-7-26(23-29)10-9-25-11-13-28(34)14-12-25/h6-14,23-24,27,35H,4-5,15-22H2,1-3H3. The molecule has 6 nitrogen and oxygen atoms in total. The third-order valence-electron chi connectivity index (χ3n) is 8.63. The summed E-state index contributed by atoms with van der Waals surface area (Å²) < 4.78 is 1.99. The van der Waals surface area contributed by atoms with Gasteiger partial charge in [-0.15, -0.1) is 0 Å². The van der Waals surface area contributed by atoms with E-state index in [1.807, 2.05) is 35.0 Å². The van der Waals surface area contributed by atoms with Gasteiger partial charge in [0, 0.05) is 37.2 Å². The molecular weight excluding hydrogens is 518 g/mol. The van der Waals surface area contributed by atoms with Gasteiger partial charge in [0.15, 0.2) is 0 Å². The minimum atomic E-state index is 0.132. The van der Waals surface area contributed by atoms with Gasteiger partial charge in [0.25, 0.3) is 5.91 Å². The van der Waals surface area contributed by atoms with Gasteiger partial charge in [0.05, 0.1) is 22.6 Å². The van der Waals surface area contributed by atoms with E-state index in [-0.39, 0.29) is 5.91 Å². The SMILES string of the molecule is CCc1nn(-c2cccc(C=Cc3ccc(Cl)cc3)c2)c(CC)c1C(=O)N1CCN(C(C)C2CCNCC2)CC1. The zero-order valence-corrected chi connectivity index (χ0v) is 24.8. The molecule has 7 heteroatoms. The number of rotatable bonds is 8. The number of nitrogens with zero attached hydrogens (tertiary/aromatic N) is 4. The molecule has 0 spiro atoms. The number of hydrogen-bond acceptors (Lipinski definition) is 4. The van der Waals surface area contributed by atoms with Crippen LogP contribution in [-0.4, -0.2) is 70.8 Å². The van der Waals surface area contributed by atoms with Crippen molar-refractivity contribution in [2.75, 3.05) is 39.3 Å². The predicted octanol–water partition coefficient (Wildman–Crippen LogP) is 5.97. The van der Waals surface area contributed by atoms with E-state index in [4.69, 9.17) is 16.7 Å². The summed E-state index contributed by atoms with van der Waals surface area (Å²) in [5.41, 5.74) is 5.82. The van der Waals surface area contributed by atoms with E-state index in [1.54, 1.807) is 0 Å². The molecule has 5 rings (SSSR count). The molecule has 1 unspecified atom stereocenters. The topological polar surface area (TPSA) is 53.4 Å². The fourth-order valence-corrected chi connectivity index (χ4v) is 6.31. The van der Waals surface area contributed by atoms with Gasteiger partial charge in [0.2, 0.25) is 0 Å². The maximum atomic E-state index is 14.0. The van der Waals surface area contributed by atoms with Gasteiger partial charge in [-0.1, -0.05) is 61.9 Å². The molecule has 40 heavy (non-hydrogen) atoms. The average Bonchev–Trinajstić information content (AvgIpc) is 3.39. The van der Waals surface area contributed by atoms with Gasteiger partial charge in [0.1, 0.15) is 0 Å². The lowest BCUT2D eigenvalue weighted by atomic mass is 9.90. The Kier molecular flexibility index (Phi) is 9.40. The molecule has 212 valence electrons. The number of amides is 1. The molecule has 3 aromatic rings. The first-order chi connectivity index (χ1) is 19.5. The van der Waals surface area contributed by atoms with Gasteiger partial charge < -0.3 is 10.2 Å². The Balaban J connectivity index is 1.33. The summed E-state index contributed by atoms with van der Waals surface area (Å²) in [5.74, 6) is 0.879. The molecule has 0 radical (unpaired) electrons. The van der Waals surface area contributed by atoms with Crippen LogP contribution in [0.4, 0.5) is 0 Å². The maximum absolute atomic E-state index is 14.0. The summed E-state index contributed by atoms with van der Waals surface area (Å²) in [5, 5.41) is 9.18. The van der Waals surface area contributed by atoms with Crippen LogP contribution >= 0.6 is 11.6 Å². The first-order valence-corrected chi connectivity index (χ1v) is 15.2. The Morgan fingerprint density at radius 2 is 1.70 bits per heavy atom. The van der Waals surface area contributed by atoms with Crippen molar-refractivity contribution in [3.63, 3.8) is 0 Å². The van der Waals surface area contributed by atoms with E-state index in [2.05, 4.69) is 66.2 Å². The average molecular weight is 560 g/mol. The lowest BCUT2D eigenvalue weighted by molar-refractivity contribution is 0.0487. The molecule has 1 amide bonds. The molecule has 2 saturated heterocycles. The van der Waals surface area contributed by atoms with Crippen molar-refractivity contribution in [1.29, 1.82) is 0 Å². The number of nitrogens with one attached hydrogen (secondary N) is 1. The van der Waals surface area contributed by atoms with Crippen LogP contribution in [-0.2, 0) is 12.8 Å².